The number of nitrogens with zero attached hydrogens (tertiary/aromatic N) is 2. The van der Waals surface area contributed by atoms with Crippen molar-refractivity contribution in [2.75, 3.05) is 0 Å². The standard InChI is InChI=1S/C8H12N4O/c1-5(10)8(13)6-2-3-11-7(4-9)12-6/h2-3,5H,4,9-10H2,1H3/t5-/m0/s1. The van der Waals surface area contributed by atoms with Crippen molar-refractivity contribution in [3.8, 4) is 0 Å². The lowest BCUT2D eigenvalue weighted by Gasteiger charge is -2.03. The molecule has 0 amide bonds. The van der Waals surface area contributed by atoms with Gasteiger partial charge in [-0.25, -0.2) is 9.97 Å². The SMILES string of the molecule is C[C@H](N)C(=O)c1ccnc(CN)n1. The molecule has 0 spiro atoms. The minimum Gasteiger partial charge on any atom is -0.324 e. The topological polar surface area (TPSA) is 94.9 Å². The van der Waals surface area contributed by atoms with E-state index in [0.717, 1.165) is 0 Å². The summed E-state index contributed by atoms with van der Waals surface area (Å²) in [5.41, 5.74) is 11.1. The average Bonchev–Trinajstić information content (AvgIpc) is 2.16. The van der Waals surface area contributed by atoms with Crippen molar-refractivity contribution in [1.82, 2.24) is 9.97 Å². The molecule has 0 aliphatic rings. The van der Waals surface area contributed by atoms with Crippen LogP contribution in [-0.4, -0.2) is 21.8 Å². The Morgan fingerprint density at radius 1 is 1.69 bits per heavy atom. The lowest BCUT2D eigenvalue weighted by Crippen LogP contribution is -2.27. The largest absolute Gasteiger partial charge is 0.324 e. The first kappa shape index (κ1) is 9.76. The summed E-state index contributed by atoms with van der Waals surface area (Å²) in [6.07, 6.45) is 1.50. The zero-order valence-corrected chi connectivity index (χ0v) is 7.40. The van der Waals surface area contributed by atoms with Gasteiger partial charge in [0.05, 0.1) is 12.6 Å². The van der Waals surface area contributed by atoms with E-state index in [4.69, 9.17) is 11.5 Å². The van der Waals surface area contributed by atoms with Crippen molar-refractivity contribution >= 4 is 5.78 Å². The Morgan fingerprint density at radius 2 is 2.38 bits per heavy atom. The lowest BCUT2D eigenvalue weighted by molar-refractivity contribution is 0.0962. The molecule has 70 valence electrons. The fourth-order valence-electron chi connectivity index (χ4n) is 0.868. The Kier molecular flexibility index (Phi) is 3.05. The summed E-state index contributed by atoms with van der Waals surface area (Å²) < 4.78 is 0. The summed E-state index contributed by atoms with van der Waals surface area (Å²) in [6.45, 7) is 1.84. The molecule has 5 heteroatoms. The molecule has 0 fully saturated rings. The molecule has 0 aliphatic heterocycles. The number of aromatic nitrogens is 2. The third-order valence-electron chi connectivity index (χ3n) is 1.55. The van der Waals surface area contributed by atoms with Crippen molar-refractivity contribution in [3.63, 3.8) is 0 Å². The zero-order chi connectivity index (χ0) is 9.84. The summed E-state index contributed by atoms with van der Waals surface area (Å²) in [5.74, 6) is 0.253. The van der Waals surface area contributed by atoms with Gasteiger partial charge in [-0.3, -0.25) is 4.79 Å². The van der Waals surface area contributed by atoms with Crippen LogP contribution in [0.3, 0.4) is 0 Å². The van der Waals surface area contributed by atoms with Gasteiger partial charge in [-0.15, -0.1) is 0 Å². The Hall–Kier alpha value is -1.33. The smallest absolute Gasteiger partial charge is 0.197 e. The Balaban J connectivity index is 2.95. The first-order valence-corrected chi connectivity index (χ1v) is 3.97. The fourth-order valence-corrected chi connectivity index (χ4v) is 0.868. The van der Waals surface area contributed by atoms with Gasteiger partial charge in [-0.1, -0.05) is 0 Å². The van der Waals surface area contributed by atoms with E-state index in [-0.39, 0.29) is 12.3 Å². The van der Waals surface area contributed by atoms with E-state index in [1.165, 1.54) is 12.3 Å². The molecule has 0 aliphatic carbocycles. The predicted molar refractivity (Wildman–Crippen MR) is 47.9 cm³/mol. The third kappa shape index (κ3) is 2.30. The molecule has 13 heavy (non-hydrogen) atoms. The van der Waals surface area contributed by atoms with Crippen LogP contribution >= 0.6 is 0 Å². The molecule has 0 bridgehead atoms. The molecular weight excluding hydrogens is 168 g/mol. The van der Waals surface area contributed by atoms with Crippen LogP contribution in [0.25, 0.3) is 0 Å². The molecule has 0 saturated heterocycles. The highest BCUT2D eigenvalue weighted by Gasteiger charge is 2.12. The second-order valence-corrected chi connectivity index (χ2v) is 2.72. The number of Topliss-reactive ketones (excluding diaryl/α,β-unsaturated/α-hetero) is 1. The number of hydrogen-bond acceptors (Lipinski definition) is 5. The summed E-state index contributed by atoms with van der Waals surface area (Å²) in [4.78, 5) is 19.2. The highest BCUT2D eigenvalue weighted by atomic mass is 16.1. The molecule has 1 rings (SSSR count). The maximum absolute atomic E-state index is 11.4. The molecule has 1 atom stereocenters. The zero-order valence-electron chi connectivity index (χ0n) is 7.40. The molecule has 0 aromatic carbocycles. The fraction of sp³-hybridized carbons (Fsp3) is 0.375. The quantitative estimate of drug-likeness (QED) is 0.609. The van der Waals surface area contributed by atoms with E-state index < -0.39 is 6.04 Å². The number of rotatable bonds is 3. The first-order valence-electron chi connectivity index (χ1n) is 3.97. The van der Waals surface area contributed by atoms with E-state index in [1.54, 1.807) is 6.92 Å². The molecule has 1 aromatic heterocycles. The van der Waals surface area contributed by atoms with Crippen molar-refractivity contribution in [1.29, 1.82) is 0 Å². The molecule has 0 radical (unpaired) electrons. The van der Waals surface area contributed by atoms with Gasteiger partial charge in [0.1, 0.15) is 11.5 Å². The Morgan fingerprint density at radius 3 is 2.92 bits per heavy atom. The van der Waals surface area contributed by atoms with Gasteiger partial charge in [0, 0.05) is 6.20 Å². The van der Waals surface area contributed by atoms with Crippen LogP contribution in [-0.2, 0) is 6.54 Å². The van der Waals surface area contributed by atoms with Crippen LogP contribution in [0.4, 0.5) is 0 Å². The van der Waals surface area contributed by atoms with E-state index in [2.05, 4.69) is 9.97 Å². The van der Waals surface area contributed by atoms with E-state index in [0.29, 0.717) is 11.5 Å². The van der Waals surface area contributed by atoms with Crippen LogP contribution in [0.1, 0.15) is 23.2 Å². The minimum atomic E-state index is -0.541. The summed E-state index contributed by atoms with van der Waals surface area (Å²) in [5, 5.41) is 0. The van der Waals surface area contributed by atoms with Crippen LogP contribution in [0.15, 0.2) is 12.3 Å². The highest BCUT2D eigenvalue weighted by molar-refractivity contribution is 5.97. The molecule has 1 heterocycles. The molecule has 0 unspecified atom stereocenters. The van der Waals surface area contributed by atoms with Gasteiger partial charge in [-0.2, -0.15) is 0 Å². The maximum atomic E-state index is 11.4. The molecule has 0 saturated carbocycles. The number of ketones is 1. The van der Waals surface area contributed by atoms with Crippen molar-refractivity contribution in [2.24, 2.45) is 11.5 Å². The normalized spacial score (nSPS) is 12.5. The van der Waals surface area contributed by atoms with Gasteiger partial charge in [0.2, 0.25) is 0 Å². The van der Waals surface area contributed by atoms with Crippen molar-refractivity contribution in [2.45, 2.75) is 19.5 Å². The van der Waals surface area contributed by atoms with Crippen LogP contribution in [0.5, 0.6) is 0 Å². The lowest BCUT2D eigenvalue weighted by atomic mass is 10.1. The predicted octanol–water partition coefficient (Wildman–Crippen LogP) is -0.535. The van der Waals surface area contributed by atoms with Gasteiger partial charge < -0.3 is 11.5 Å². The number of carbonyl (C=O) groups excluding carboxylic acids is 1. The first-order chi connectivity index (χ1) is 6.15. The van der Waals surface area contributed by atoms with Gasteiger partial charge in [0.25, 0.3) is 0 Å². The third-order valence-corrected chi connectivity index (χ3v) is 1.55. The van der Waals surface area contributed by atoms with E-state index in [1.807, 2.05) is 0 Å². The van der Waals surface area contributed by atoms with Gasteiger partial charge in [-0.05, 0) is 13.0 Å². The Labute approximate surface area is 76.2 Å². The number of nitrogens with two attached hydrogens (primary N) is 2. The second-order valence-electron chi connectivity index (χ2n) is 2.72. The van der Waals surface area contributed by atoms with Crippen LogP contribution in [0.2, 0.25) is 0 Å². The van der Waals surface area contributed by atoms with Crippen molar-refractivity contribution in [3.05, 3.63) is 23.8 Å². The molecule has 4 N–H and O–H groups in total. The van der Waals surface area contributed by atoms with E-state index >= 15 is 0 Å². The average molecular weight is 180 g/mol. The molecule has 1 aromatic rings. The number of hydrogen-bond donors (Lipinski definition) is 2. The minimum absolute atomic E-state index is 0.197. The summed E-state index contributed by atoms with van der Waals surface area (Å²) >= 11 is 0. The van der Waals surface area contributed by atoms with Crippen molar-refractivity contribution < 1.29 is 4.79 Å². The summed E-state index contributed by atoms with van der Waals surface area (Å²) in [7, 11) is 0. The second kappa shape index (κ2) is 4.06. The van der Waals surface area contributed by atoms with Gasteiger partial charge >= 0.3 is 0 Å². The maximum Gasteiger partial charge on any atom is 0.197 e. The Bertz CT molecular complexity index is 311. The molecular formula is C8H12N4O. The highest BCUT2D eigenvalue weighted by Crippen LogP contribution is 1.98. The molecule has 5 nitrogen and oxygen atoms in total. The summed E-state index contributed by atoms with van der Waals surface area (Å²) in [6, 6.07) is 0.991. The number of carbonyl (C=O) groups is 1. The van der Waals surface area contributed by atoms with E-state index in [9.17, 15) is 4.79 Å². The monoisotopic (exact) mass is 180 g/mol. The van der Waals surface area contributed by atoms with Crippen LogP contribution < -0.4 is 11.5 Å². The van der Waals surface area contributed by atoms with Gasteiger partial charge in [0.15, 0.2) is 5.78 Å². The van der Waals surface area contributed by atoms with Crippen LogP contribution in [0, 0.1) is 0 Å².